The summed E-state index contributed by atoms with van der Waals surface area (Å²) in [5.41, 5.74) is 9.05. The number of likely N-dealkylation sites (tertiary alicyclic amines) is 1. The molecule has 4 rings (SSSR count). The average molecular weight is 527 g/mol. The number of nitrogen functional groups attached to an aromatic ring is 1. The van der Waals surface area contributed by atoms with Crippen molar-refractivity contribution in [2.75, 3.05) is 18.8 Å². The second-order valence-electron chi connectivity index (χ2n) is 7.46. The highest BCUT2D eigenvalue weighted by Crippen LogP contribution is 2.32. The Morgan fingerprint density at radius 2 is 2.06 bits per heavy atom. The standard InChI is InChI=1S/C23H22IN5O2/c24-18-9-4-8-17(12-18)21-20(13-25)22(26)29(27-21)19-10-5-11-28(14-19)23(30)31-15-16-6-2-1-3-7-16/h1-4,6-9,12,19H,5,10-11,14-15,26H2. The van der Waals surface area contributed by atoms with Crippen molar-refractivity contribution in [1.82, 2.24) is 14.7 Å². The summed E-state index contributed by atoms with van der Waals surface area (Å²) in [6, 6.07) is 19.5. The monoisotopic (exact) mass is 527 g/mol. The SMILES string of the molecule is N#Cc1c(-c2cccc(I)c2)nn(C2CCCN(C(=O)OCc3ccccc3)C2)c1N. The van der Waals surface area contributed by atoms with Crippen molar-refractivity contribution in [2.45, 2.75) is 25.5 Å². The third-order valence-electron chi connectivity index (χ3n) is 5.36. The number of carbonyl (C=O) groups is 1. The van der Waals surface area contributed by atoms with Gasteiger partial charge >= 0.3 is 6.09 Å². The van der Waals surface area contributed by atoms with Gasteiger partial charge in [-0.1, -0.05) is 42.5 Å². The van der Waals surface area contributed by atoms with Crippen molar-refractivity contribution in [1.29, 1.82) is 5.26 Å². The summed E-state index contributed by atoms with van der Waals surface area (Å²) in [5, 5.41) is 14.4. The lowest BCUT2D eigenvalue weighted by molar-refractivity contribution is 0.0791. The lowest BCUT2D eigenvalue weighted by Crippen LogP contribution is -2.41. The van der Waals surface area contributed by atoms with Crippen LogP contribution in [0.25, 0.3) is 11.3 Å². The van der Waals surface area contributed by atoms with Crippen LogP contribution in [0.1, 0.15) is 30.0 Å². The summed E-state index contributed by atoms with van der Waals surface area (Å²) in [6.07, 6.45) is 1.29. The van der Waals surface area contributed by atoms with E-state index in [9.17, 15) is 10.1 Å². The molecule has 0 saturated carbocycles. The molecular formula is C23H22IN5O2. The molecule has 1 aliphatic heterocycles. The topological polar surface area (TPSA) is 97.2 Å². The molecule has 2 aromatic carbocycles. The van der Waals surface area contributed by atoms with Crippen LogP contribution in [0.3, 0.4) is 0 Å². The Balaban J connectivity index is 1.52. The van der Waals surface area contributed by atoms with E-state index in [1.807, 2.05) is 54.6 Å². The van der Waals surface area contributed by atoms with Crippen LogP contribution in [-0.4, -0.2) is 33.9 Å². The zero-order chi connectivity index (χ0) is 21.8. The first kappa shape index (κ1) is 21.2. The molecule has 1 unspecified atom stereocenters. The van der Waals surface area contributed by atoms with E-state index in [1.54, 1.807) is 9.58 Å². The maximum absolute atomic E-state index is 12.6. The van der Waals surface area contributed by atoms with Crippen molar-refractivity contribution < 1.29 is 9.53 Å². The highest BCUT2D eigenvalue weighted by Gasteiger charge is 2.29. The van der Waals surface area contributed by atoms with Crippen molar-refractivity contribution in [2.24, 2.45) is 0 Å². The number of halogens is 1. The van der Waals surface area contributed by atoms with Gasteiger partial charge in [0.2, 0.25) is 0 Å². The number of amides is 1. The first-order chi connectivity index (χ1) is 15.1. The van der Waals surface area contributed by atoms with E-state index >= 15 is 0 Å². The van der Waals surface area contributed by atoms with Gasteiger partial charge in [-0.15, -0.1) is 0 Å². The number of piperidine rings is 1. The lowest BCUT2D eigenvalue weighted by atomic mass is 10.1. The van der Waals surface area contributed by atoms with Gasteiger partial charge in [0, 0.05) is 22.2 Å². The van der Waals surface area contributed by atoms with Gasteiger partial charge in [0.05, 0.1) is 6.04 Å². The van der Waals surface area contributed by atoms with Gasteiger partial charge < -0.3 is 15.4 Å². The largest absolute Gasteiger partial charge is 0.445 e. The first-order valence-corrected chi connectivity index (χ1v) is 11.1. The Morgan fingerprint density at radius 1 is 1.26 bits per heavy atom. The molecule has 1 aliphatic rings. The molecule has 0 bridgehead atoms. The molecular weight excluding hydrogens is 505 g/mol. The number of hydrogen-bond donors (Lipinski definition) is 1. The molecule has 158 valence electrons. The molecule has 8 heteroatoms. The Morgan fingerprint density at radius 3 is 2.81 bits per heavy atom. The molecule has 0 spiro atoms. The molecule has 1 amide bonds. The fourth-order valence-electron chi connectivity index (χ4n) is 3.80. The Labute approximate surface area is 194 Å². The van der Waals surface area contributed by atoms with E-state index in [4.69, 9.17) is 15.6 Å². The number of nitrogens with two attached hydrogens (primary N) is 1. The van der Waals surface area contributed by atoms with E-state index in [1.165, 1.54) is 0 Å². The second kappa shape index (κ2) is 9.39. The molecule has 2 N–H and O–H groups in total. The lowest BCUT2D eigenvalue weighted by Gasteiger charge is -2.32. The normalized spacial score (nSPS) is 16.0. The summed E-state index contributed by atoms with van der Waals surface area (Å²) in [4.78, 5) is 14.3. The van der Waals surface area contributed by atoms with Crippen LogP contribution in [-0.2, 0) is 11.3 Å². The first-order valence-electron chi connectivity index (χ1n) is 10.1. The third kappa shape index (κ3) is 4.66. The van der Waals surface area contributed by atoms with E-state index in [2.05, 4.69) is 28.7 Å². The molecule has 2 heterocycles. The highest BCUT2D eigenvalue weighted by molar-refractivity contribution is 14.1. The summed E-state index contributed by atoms with van der Waals surface area (Å²) >= 11 is 2.23. The van der Waals surface area contributed by atoms with Crippen LogP contribution in [0.15, 0.2) is 54.6 Å². The third-order valence-corrected chi connectivity index (χ3v) is 6.03. The fraction of sp³-hybridized carbons (Fsp3) is 0.261. The second-order valence-corrected chi connectivity index (χ2v) is 8.70. The number of ether oxygens (including phenoxy) is 1. The van der Waals surface area contributed by atoms with Gasteiger partial charge in [-0.05, 0) is 53.1 Å². The van der Waals surface area contributed by atoms with E-state index in [0.29, 0.717) is 30.2 Å². The zero-order valence-corrected chi connectivity index (χ0v) is 19.0. The number of nitrogens with zero attached hydrogens (tertiary/aromatic N) is 4. The van der Waals surface area contributed by atoms with Crippen LogP contribution in [0.5, 0.6) is 0 Å². The number of hydrogen-bond acceptors (Lipinski definition) is 5. The minimum atomic E-state index is -0.349. The molecule has 1 saturated heterocycles. The van der Waals surface area contributed by atoms with Gasteiger partial charge in [-0.2, -0.15) is 10.4 Å². The predicted molar refractivity (Wildman–Crippen MR) is 126 cm³/mol. The minimum absolute atomic E-state index is 0.110. The van der Waals surface area contributed by atoms with Crippen LogP contribution < -0.4 is 5.73 Å². The molecule has 7 nitrogen and oxygen atoms in total. The summed E-state index contributed by atoms with van der Waals surface area (Å²) in [5.74, 6) is 0.334. The molecule has 31 heavy (non-hydrogen) atoms. The maximum Gasteiger partial charge on any atom is 0.410 e. The average Bonchev–Trinajstić information content (AvgIpc) is 3.14. The van der Waals surface area contributed by atoms with Gasteiger partial charge in [0.15, 0.2) is 0 Å². The van der Waals surface area contributed by atoms with Gasteiger partial charge in [0.1, 0.15) is 29.8 Å². The Hall–Kier alpha value is -3.06. The maximum atomic E-state index is 12.6. The summed E-state index contributed by atoms with van der Waals surface area (Å²) < 4.78 is 8.24. The van der Waals surface area contributed by atoms with E-state index in [-0.39, 0.29) is 18.7 Å². The number of nitriles is 1. The molecule has 3 aromatic rings. The van der Waals surface area contributed by atoms with Crippen LogP contribution >= 0.6 is 22.6 Å². The smallest absolute Gasteiger partial charge is 0.410 e. The quantitative estimate of drug-likeness (QED) is 0.501. The fourth-order valence-corrected chi connectivity index (χ4v) is 4.35. The van der Waals surface area contributed by atoms with Crippen molar-refractivity contribution >= 4 is 34.5 Å². The molecule has 1 aromatic heterocycles. The number of benzene rings is 2. The predicted octanol–water partition coefficient (Wildman–Crippen LogP) is 4.58. The Bertz CT molecular complexity index is 1120. The number of carbonyl (C=O) groups excluding carboxylic acids is 1. The van der Waals surface area contributed by atoms with Crippen molar-refractivity contribution in [3.05, 3.63) is 69.3 Å². The van der Waals surface area contributed by atoms with Crippen molar-refractivity contribution in [3.63, 3.8) is 0 Å². The number of rotatable bonds is 4. The minimum Gasteiger partial charge on any atom is -0.445 e. The van der Waals surface area contributed by atoms with E-state index in [0.717, 1.165) is 27.5 Å². The van der Waals surface area contributed by atoms with Crippen LogP contribution in [0, 0.1) is 14.9 Å². The van der Waals surface area contributed by atoms with Crippen molar-refractivity contribution in [3.8, 4) is 17.3 Å². The van der Waals surface area contributed by atoms with Crippen LogP contribution in [0.2, 0.25) is 0 Å². The molecule has 0 aliphatic carbocycles. The molecule has 1 fully saturated rings. The number of anilines is 1. The number of aromatic nitrogens is 2. The zero-order valence-electron chi connectivity index (χ0n) is 16.9. The molecule has 0 radical (unpaired) electrons. The van der Waals surface area contributed by atoms with Gasteiger partial charge in [0.25, 0.3) is 0 Å². The van der Waals surface area contributed by atoms with Crippen LogP contribution in [0.4, 0.5) is 10.6 Å². The van der Waals surface area contributed by atoms with E-state index < -0.39 is 0 Å². The van der Waals surface area contributed by atoms with Gasteiger partial charge in [-0.3, -0.25) is 0 Å². The Kier molecular flexibility index (Phi) is 6.42. The highest BCUT2D eigenvalue weighted by atomic mass is 127. The molecule has 1 atom stereocenters. The summed E-state index contributed by atoms with van der Waals surface area (Å²) in [6.45, 7) is 1.30. The van der Waals surface area contributed by atoms with Gasteiger partial charge in [-0.25, -0.2) is 9.48 Å². The summed E-state index contributed by atoms with van der Waals surface area (Å²) in [7, 11) is 0.